The van der Waals surface area contributed by atoms with E-state index in [1.54, 1.807) is 17.7 Å². The Bertz CT molecular complexity index is 1140. The second-order valence-corrected chi connectivity index (χ2v) is 7.90. The van der Waals surface area contributed by atoms with Gasteiger partial charge in [0.15, 0.2) is 0 Å². The average Bonchev–Trinajstić information content (AvgIpc) is 3.24. The van der Waals surface area contributed by atoms with Gasteiger partial charge in [-0.05, 0) is 17.7 Å². The van der Waals surface area contributed by atoms with Gasteiger partial charge in [-0.3, -0.25) is 4.79 Å². The van der Waals surface area contributed by atoms with Crippen molar-refractivity contribution in [1.29, 1.82) is 0 Å². The van der Waals surface area contributed by atoms with Crippen LogP contribution in [-0.4, -0.2) is 47.0 Å². The minimum absolute atomic E-state index is 0.0959. The fraction of sp³-hybridized carbons (Fsp3) is 0.174. The third-order valence-electron chi connectivity index (χ3n) is 5.32. The largest absolute Gasteiger partial charge is 0.352 e. The molecule has 2 aromatic carbocycles. The topological polar surface area (TPSA) is 49.3 Å². The monoisotopic (exact) mass is 400 g/mol. The number of fused-ring (bicyclic) bond motifs is 1. The van der Waals surface area contributed by atoms with E-state index in [-0.39, 0.29) is 5.91 Å². The molecule has 0 atom stereocenters. The summed E-state index contributed by atoms with van der Waals surface area (Å²) in [4.78, 5) is 27.1. The van der Waals surface area contributed by atoms with Crippen molar-refractivity contribution in [2.24, 2.45) is 0 Å². The van der Waals surface area contributed by atoms with E-state index in [0.29, 0.717) is 13.1 Å². The fourth-order valence-corrected chi connectivity index (χ4v) is 4.72. The number of carbonyl (C=O) groups excluding carboxylic acids is 1. The average molecular weight is 401 g/mol. The molecule has 3 heterocycles. The molecule has 2 aromatic heterocycles. The fourth-order valence-electron chi connectivity index (χ4n) is 3.81. The number of hydrogen-bond donors (Lipinski definition) is 0. The summed E-state index contributed by atoms with van der Waals surface area (Å²) in [6.07, 6.45) is 1.64. The number of amides is 1. The first-order valence-electron chi connectivity index (χ1n) is 9.68. The van der Waals surface area contributed by atoms with Gasteiger partial charge in [0.2, 0.25) is 0 Å². The Morgan fingerprint density at radius 2 is 1.55 bits per heavy atom. The first-order chi connectivity index (χ1) is 14.3. The van der Waals surface area contributed by atoms with Gasteiger partial charge in [0.05, 0.1) is 5.39 Å². The van der Waals surface area contributed by atoms with Crippen LogP contribution in [0.1, 0.15) is 10.4 Å². The van der Waals surface area contributed by atoms with Crippen molar-refractivity contribution in [2.75, 3.05) is 31.1 Å². The molecule has 1 saturated heterocycles. The summed E-state index contributed by atoms with van der Waals surface area (Å²) in [6, 6.07) is 19.9. The minimum Gasteiger partial charge on any atom is -0.352 e. The first-order valence-corrected chi connectivity index (χ1v) is 10.6. The molecule has 0 bridgehead atoms. The van der Waals surface area contributed by atoms with E-state index >= 15 is 0 Å². The molecule has 1 fully saturated rings. The maximum atomic E-state index is 12.7. The second kappa shape index (κ2) is 7.64. The molecule has 0 saturated carbocycles. The number of benzene rings is 2. The van der Waals surface area contributed by atoms with Crippen LogP contribution in [0, 0.1) is 0 Å². The highest BCUT2D eigenvalue weighted by atomic mass is 32.1. The van der Waals surface area contributed by atoms with Crippen molar-refractivity contribution in [3.05, 3.63) is 77.9 Å². The normalized spacial score (nSPS) is 14.3. The lowest BCUT2D eigenvalue weighted by atomic mass is 10.1. The van der Waals surface area contributed by atoms with Gasteiger partial charge in [-0.25, -0.2) is 9.97 Å². The van der Waals surface area contributed by atoms with Gasteiger partial charge in [-0.1, -0.05) is 48.5 Å². The Hall–Kier alpha value is -3.25. The lowest BCUT2D eigenvalue weighted by Gasteiger charge is -2.35. The van der Waals surface area contributed by atoms with Gasteiger partial charge in [-0.15, -0.1) is 11.3 Å². The second-order valence-electron chi connectivity index (χ2n) is 7.04. The third kappa shape index (κ3) is 3.36. The van der Waals surface area contributed by atoms with Crippen LogP contribution in [0.2, 0.25) is 0 Å². The van der Waals surface area contributed by atoms with Crippen molar-refractivity contribution in [2.45, 2.75) is 0 Å². The van der Waals surface area contributed by atoms with Crippen LogP contribution in [0.25, 0.3) is 21.3 Å². The van der Waals surface area contributed by atoms with Crippen LogP contribution in [-0.2, 0) is 0 Å². The van der Waals surface area contributed by atoms with Crippen molar-refractivity contribution >= 4 is 33.3 Å². The molecule has 29 heavy (non-hydrogen) atoms. The number of anilines is 1. The molecule has 1 aliphatic rings. The molecule has 1 aliphatic heterocycles. The number of piperazine rings is 1. The zero-order valence-corrected chi connectivity index (χ0v) is 16.7. The van der Waals surface area contributed by atoms with E-state index in [1.165, 1.54) is 11.1 Å². The number of carbonyl (C=O) groups is 1. The van der Waals surface area contributed by atoms with Crippen LogP contribution >= 0.6 is 11.3 Å². The Morgan fingerprint density at radius 3 is 2.28 bits per heavy atom. The third-order valence-corrected chi connectivity index (χ3v) is 6.21. The van der Waals surface area contributed by atoms with E-state index in [4.69, 9.17) is 0 Å². The van der Waals surface area contributed by atoms with Crippen molar-refractivity contribution in [3.8, 4) is 11.1 Å². The summed E-state index contributed by atoms with van der Waals surface area (Å²) in [5.41, 5.74) is 3.09. The molecule has 144 valence electrons. The lowest BCUT2D eigenvalue weighted by molar-refractivity contribution is 0.0746. The SMILES string of the molecule is O=C(c1ccccc1)N1CCN(c2ncnc3scc(-c4ccccc4)c23)CC1. The summed E-state index contributed by atoms with van der Waals surface area (Å²) < 4.78 is 0. The minimum atomic E-state index is 0.0959. The van der Waals surface area contributed by atoms with Gasteiger partial charge in [-0.2, -0.15) is 0 Å². The molecule has 0 aliphatic carbocycles. The highest BCUT2D eigenvalue weighted by Gasteiger charge is 2.25. The van der Waals surface area contributed by atoms with E-state index in [2.05, 4.69) is 44.5 Å². The Morgan fingerprint density at radius 1 is 0.862 bits per heavy atom. The smallest absolute Gasteiger partial charge is 0.253 e. The molecule has 0 N–H and O–H groups in total. The van der Waals surface area contributed by atoms with Crippen molar-refractivity contribution < 1.29 is 4.79 Å². The van der Waals surface area contributed by atoms with Crippen molar-refractivity contribution in [3.63, 3.8) is 0 Å². The summed E-state index contributed by atoms with van der Waals surface area (Å²) >= 11 is 1.65. The van der Waals surface area contributed by atoms with Crippen molar-refractivity contribution in [1.82, 2.24) is 14.9 Å². The Kier molecular flexibility index (Phi) is 4.69. The predicted octanol–water partition coefficient (Wildman–Crippen LogP) is 4.32. The van der Waals surface area contributed by atoms with Crippen LogP contribution in [0.15, 0.2) is 72.4 Å². The summed E-state index contributed by atoms with van der Waals surface area (Å²) in [5.74, 6) is 1.06. The number of nitrogens with zero attached hydrogens (tertiary/aromatic N) is 4. The zero-order chi connectivity index (χ0) is 19.6. The van der Waals surface area contributed by atoms with E-state index in [1.807, 2.05) is 41.3 Å². The van der Waals surface area contributed by atoms with Gasteiger partial charge < -0.3 is 9.80 Å². The molecule has 4 aromatic rings. The van der Waals surface area contributed by atoms with Crippen LogP contribution < -0.4 is 4.90 Å². The van der Waals surface area contributed by atoms with Gasteiger partial charge in [0, 0.05) is 42.7 Å². The quantitative estimate of drug-likeness (QED) is 0.514. The molecule has 5 rings (SSSR count). The zero-order valence-electron chi connectivity index (χ0n) is 15.9. The highest BCUT2D eigenvalue weighted by molar-refractivity contribution is 7.17. The van der Waals surface area contributed by atoms with Gasteiger partial charge >= 0.3 is 0 Å². The Labute approximate surface area is 173 Å². The van der Waals surface area contributed by atoms with Gasteiger partial charge in [0.1, 0.15) is 17.0 Å². The summed E-state index contributed by atoms with van der Waals surface area (Å²) in [7, 11) is 0. The molecular formula is C23H20N4OS. The molecule has 6 heteroatoms. The highest BCUT2D eigenvalue weighted by Crippen LogP contribution is 2.37. The van der Waals surface area contributed by atoms with E-state index in [0.717, 1.165) is 34.7 Å². The summed E-state index contributed by atoms with van der Waals surface area (Å²) in [6.45, 7) is 2.89. The number of rotatable bonds is 3. The number of aromatic nitrogens is 2. The maximum Gasteiger partial charge on any atom is 0.253 e. The summed E-state index contributed by atoms with van der Waals surface area (Å²) in [5, 5.41) is 3.26. The van der Waals surface area contributed by atoms with Crippen LogP contribution in [0.3, 0.4) is 0 Å². The number of hydrogen-bond acceptors (Lipinski definition) is 5. The van der Waals surface area contributed by atoms with Crippen LogP contribution in [0.4, 0.5) is 5.82 Å². The number of thiophene rings is 1. The maximum absolute atomic E-state index is 12.7. The predicted molar refractivity (Wildman–Crippen MR) is 117 cm³/mol. The molecule has 0 spiro atoms. The first kappa shape index (κ1) is 17.8. The molecule has 1 amide bonds. The molecular weight excluding hydrogens is 380 g/mol. The van der Waals surface area contributed by atoms with E-state index in [9.17, 15) is 4.79 Å². The molecule has 0 unspecified atom stereocenters. The Balaban J connectivity index is 1.41. The van der Waals surface area contributed by atoms with Gasteiger partial charge in [0.25, 0.3) is 5.91 Å². The van der Waals surface area contributed by atoms with Crippen LogP contribution in [0.5, 0.6) is 0 Å². The lowest BCUT2D eigenvalue weighted by Crippen LogP contribution is -2.49. The molecule has 0 radical (unpaired) electrons. The molecule has 5 nitrogen and oxygen atoms in total. The van der Waals surface area contributed by atoms with E-state index < -0.39 is 0 Å². The standard InChI is InChI=1S/C23H20N4OS/c28-23(18-9-5-2-6-10-18)27-13-11-26(12-14-27)21-20-19(17-7-3-1-4-8-17)15-29-22(20)25-16-24-21/h1-10,15-16H,11-14H2.